The summed E-state index contributed by atoms with van der Waals surface area (Å²) in [7, 11) is 0. The van der Waals surface area contributed by atoms with Gasteiger partial charge in [0.05, 0.1) is 18.8 Å². The van der Waals surface area contributed by atoms with Gasteiger partial charge < -0.3 is 15.2 Å². The van der Waals surface area contributed by atoms with Crippen LogP contribution in [0.15, 0.2) is 0 Å². The molecule has 1 aliphatic rings. The number of nitrogens with two attached hydrogens (primary N) is 1. The van der Waals surface area contributed by atoms with Crippen molar-refractivity contribution in [3.8, 4) is 0 Å². The van der Waals surface area contributed by atoms with E-state index in [0.717, 1.165) is 26.1 Å². The number of rotatable bonds is 5. The second kappa shape index (κ2) is 5.58. The van der Waals surface area contributed by atoms with Gasteiger partial charge in [-0.1, -0.05) is 13.8 Å². The van der Waals surface area contributed by atoms with E-state index in [9.17, 15) is 0 Å². The average molecular weight is 187 g/mol. The fourth-order valence-corrected chi connectivity index (χ4v) is 1.72. The third-order valence-corrected chi connectivity index (χ3v) is 2.53. The molecule has 3 unspecified atom stereocenters. The Hall–Kier alpha value is -0.120. The van der Waals surface area contributed by atoms with E-state index in [1.807, 2.05) is 0 Å². The highest BCUT2D eigenvalue weighted by atomic mass is 16.5. The van der Waals surface area contributed by atoms with Crippen molar-refractivity contribution in [1.29, 1.82) is 0 Å². The summed E-state index contributed by atoms with van der Waals surface area (Å²) in [5, 5.41) is 0. The highest BCUT2D eigenvalue weighted by Gasteiger charge is 2.29. The second-order valence-corrected chi connectivity index (χ2v) is 3.84. The van der Waals surface area contributed by atoms with Crippen molar-refractivity contribution in [1.82, 2.24) is 0 Å². The van der Waals surface area contributed by atoms with Crippen molar-refractivity contribution in [2.24, 2.45) is 11.7 Å². The van der Waals surface area contributed by atoms with Crippen LogP contribution in [-0.2, 0) is 9.47 Å². The van der Waals surface area contributed by atoms with Crippen LogP contribution < -0.4 is 5.73 Å². The smallest absolute Gasteiger partial charge is 0.0774 e. The summed E-state index contributed by atoms with van der Waals surface area (Å²) in [5.41, 5.74) is 5.96. The summed E-state index contributed by atoms with van der Waals surface area (Å²) in [6.45, 7) is 6.57. The van der Waals surface area contributed by atoms with Gasteiger partial charge in [0.2, 0.25) is 0 Å². The highest BCUT2D eigenvalue weighted by molar-refractivity contribution is 4.82. The monoisotopic (exact) mass is 187 g/mol. The van der Waals surface area contributed by atoms with Crippen LogP contribution in [0.5, 0.6) is 0 Å². The van der Waals surface area contributed by atoms with Gasteiger partial charge in [0.1, 0.15) is 0 Å². The molecule has 0 aromatic carbocycles. The van der Waals surface area contributed by atoms with Crippen LogP contribution in [0.4, 0.5) is 0 Å². The molecule has 78 valence electrons. The lowest BCUT2D eigenvalue weighted by atomic mass is 9.99. The van der Waals surface area contributed by atoms with E-state index < -0.39 is 0 Å². The molecule has 1 heterocycles. The van der Waals surface area contributed by atoms with E-state index in [4.69, 9.17) is 15.2 Å². The predicted octanol–water partition coefficient (Wildman–Crippen LogP) is 1.17. The van der Waals surface area contributed by atoms with Crippen LogP contribution in [0.3, 0.4) is 0 Å². The molecule has 0 aromatic rings. The molecule has 0 radical (unpaired) electrons. The Balaban J connectivity index is 2.18. The Morgan fingerprint density at radius 1 is 1.62 bits per heavy atom. The molecule has 13 heavy (non-hydrogen) atoms. The zero-order valence-corrected chi connectivity index (χ0v) is 8.66. The fraction of sp³-hybridized carbons (Fsp3) is 1.00. The first-order valence-electron chi connectivity index (χ1n) is 5.20. The molecule has 1 rings (SSSR count). The summed E-state index contributed by atoms with van der Waals surface area (Å²) < 4.78 is 11.0. The van der Waals surface area contributed by atoms with Crippen molar-refractivity contribution in [2.45, 2.75) is 38.8 Å². The third-order valence-electron chi connectivity index (χ3n) is 2.53. The largest absolute Gasteiger partial charge is 0.380 e. The van der Waals surface area contributed by atoms with Gasteiger partial charge in [0.15, 0.2) is 0 Å². The molecular weight excluding hydrogens is 166 g/mol. The molecule has 1 aliphatic heterocycles. The topological polar surface area (TPSA) is 44.5 Å². The van der Waals surface area contributed by atoms with E-state index in [1.165, 1.54) is 0 Å². The summed E-state index contributed by atoms with van der Waals surface area (Å²) in [6.07, 6.45) is 2.39. The molecule has 0 amide bonds. The van der Waals surface area contributed by atoms with Gasteiger partial charge in [-0.05, 0) is 18.8 Å². The fourth-order valence-electron chi connectivity index (χ4n) is 1.72. The van der Waals surface area contributed by atoms with Crippen molar-refractivity contribution >= 4 is 0 Å². The second-order valence-electron chi connectivity index (χ2n) is 3.84. The summed E-state index contributed by atoms with van der Waals surface area (Å²) in [6, 6.07) is 0.0454. The predicted molar refractivity (Wildman–Crippen MR) is 52.6 cm³/mol. The van der Waals surface area contributed by atoms with Gasteiger partial charge in [-0.2, -0.15) is 0 Å². The molecule has 0 aliphatic carbocycles. The molecule has 2 N–H and O–H groups in total. The minimum Gasteiger partial charge on any atom is -0.380 e. The average Bonchev–Trinajstić information content (AvgIpc) is 2.52. The van der Waals surface area contributed by atoms with Crippen LogP contribution in [0.2, 0.25) is 0 Å². The Kier molecular flexibility index (Phi) is 4.70. The Morgan fingerprint density at radius 2 is 2.38 bits per heavy atom. The molecular formula is C10H21NO2. The van der Waals surface area contributed by atoms with Crippen LogP contribution in [0.25, 0.3) is 0 Å². The third kappa shape index (κ3) is 3.25. The number of hydrogen-bond acceptors (Lipinski definition) is 3. The zero-order chi connectivity index (χ0) is 9.68. The van der Waals surface area contributed by atoms with Crippen LogP contribution in [0.1, 0.15) is 26.7 Å². The molecule has 1 saturated heterocycles. The Morgan fingerprint density at radius 3 is 2.92 bits per heavy atom. The van der Waals surface area contributed by atoms with E-state index in [2.05, 4.69) is 13.8 Å². The number of ether oxygens (including phenoxy) is 2. The molecule has 0 saturated carbocycles. The maximum Gasteiger partial charge on any atom is 0.0774 e. The first kappa shape index (κ1) is 11.0. The van der Waals surface area contributed by atoms with Gasteiger partial charge >= 0.3 is 0 Å². The van der Waals surface area contributed by atoms with Gasteiger partial charge in [0.25, 0.3) is 0 Å². The van der Waals surface area contributed by atoms with Gasteiger partial charge in [-0.3, -0.25) is 0 Å². The SMILES string of the molecule is CCCOCC(N)C1OCCC1C. The van der Waals surface area contributed by atoms with Gasteiger partial charge in [-0.15, -0.1) is 0 Å². The Labute approximate surface area is 80.6 Å². The van der Waals surface area contributed by atoms with Crippen molar-refractivity contribution in [2.75, 3.05) is 19.8 Å². The lowest BCUT2D eigenvalue weighted by Crippen LogP contribution is -2.41. The van der Waals surface area contributed by atoms with Crippen LogP contribution >= 0.6 is 0 Å². The normalized spacial score (nSPS) is 30.7. The maximum atomic E-state index is 5.96. The van der Waals surface area contributed by atoms with E-state index >= 15 is 0 Å². The van der Waals surface area contributed by atoms with E-state index in [-0.39, 0.29) is 12.1 Å². The summed E-state index contributed by atoms with van der Waals surface area (Å²) in [5.74, 6) is 0.584. The van der Waals surface area contributed by atoms with Crippen LogP contribution in [0, 0.1) is 5.92 Å². The molecule has 0 spiro atoms. The molecule has 0 bridgehead atoms. The van der Waals surface area contributed by atoms with E-state index in [0.29, 0.717) is 12.5 Å². The molecule has 3 heteroatoms. The quantitative estimate of drug-likeness (QED) is 0.657. The highest BCUT2D eigenvalue weighted by Crippen LogP contribution is 2.22. The lowest BCUT2D eigenvalue weighted by Gasteiger charge is -2.22. The van der Waals surface area contributed by atoms with Gasteiger partial charge in [-0.25, -0.2) is 0 Å². The first-order valence-corrected chi connectivity index (χ1v) is 5.20. The summed E-state index contributed by atoms with van der Waals surface area (Å²) in [4.78, 5) is 0. The minimum atomic E-state index is 0.0454. The number of hydrogen-bond donors (Lipinski definition) is 1. The standard InChI is InChI=1S/C10H21NO2/c1-3-5-12-7-9(11)10-8(2)4-6-13-10/h8-10H,3-7,11H2,1-2H3. The van der Waals surface area contributed by atoms with E-state index in [1.54, 1.807) is 0 Å². The molecule has 3 nitrogen and oxygen atoms in total. The molecule has 3 atom stereocenters. The lowest BCUT2D eigenvalue weighted by molar-refractivity contribution is 0.0297. The minimum absolute atomic E-state index is 0.0454. The van der Waals surface area contributed by atoms with Crippen molar-refractivity contribution < 1.29 is 9.47 Å². The van der Waals surface area contributed by atoms with Gasteiger partial charge in [0, 0.05) is 13.2 Å². The zero-order valence-electron chi connectivity index (χ0n) is 8.66. The summed E-state index contributed by atoms with van der Waals surface area (Å²) >= 11 is 0. The van der Waals surface area contributed by atoms with Crippen molar-refractivity contribution in [3.63, 3.8) is 0 Å². The molecule has 0 aromatic heterocycles. The van der Waals surface area contributed by atoms with Crippen LogP contribution in [-0.4, -0.2) is 32.0 Å². The van der Waals surface area contributed by atoms with Crippen molar-refractivity contribution in [3.05, 3.63) is 0 Å². The molecule has 1 fully saturated rings. The first-order chi connectivity index (χ1) is 6.25. The maximum absolute atomic E-state index is 5.96. The Bertz CT molecular complexity index is 141.